The van der Waals surface area contributed by atoms with Crippen molar-refractivity contribution in [2.75, 3.05) is 13.2 Å². The van der Waals surface area contributed by atoms with E-state index in [1.165, 1.54) is 77.0 Å². The summed E-state index contributed by atoms with van der Waals surface area (Å²) in [6, 6.07) is 0. The van der Waals surface area contributed by atoms with Crippen LogP contribution in [0.3, 0.4) is 0 Å². The van der Waals surface area contributed by atoms with Crippen molar-refractivity contribution in [1.82, 2.24) is 0 Å². The quantitative estimate of drug-likeness (QED) is 0.0261. The first-order valence-electron chi connectivity index (χ1n) is 32.3. The third kappa shape index (κ3) is 64.0. The highest BCUT2D eigenvalue weighted by Gasteiger charge is 2.19. The van der Waals surface area contributed by atoms with Gasteiger partial charge in [0.05, 0.1) is 0 Å². The van der Waals surface area contributed by atoms with Crippen LogP contribution in [-0.2, 0) is 28.6 Å². The molecule has 0 aliphatic carbocycles. The minimum absolute atomic E-state index is 0.0919. The number of unbranched alkanes of at least 4 members (excludes halogenated alkanes) is 22. The van der Waals surface area contributed by atoms with Crippen LogP contribution in [0.1, 0.15) is 278 Å². The highest BCUT2D eigenvalue weighted by atomic mass is 16.6. The number of rotatable bonds is 57. The van der Waals surface area contributed by atoms with Crippen molar-refractivity contribution in [3.63, 3.8) is 0 Å². The molecule has 0 rings (SSSR count). The maximum atomic E-state index is 12.8. The van der Waals surface area contributed by atoms with Gasteiger partial charge in [0.1, 0.15) is 13.2 Å². The van der Waals surface area contributed by atoms with Gasteiger partial charge in [-0.05, 0) is 122 Å². The Morgan fingerprint density at radius 1 is 0.266 bits per heavy atom. The summed E-state index contributed by atoms with van der Waals surface area (Å²) in [6.07, 6.45) is 94.8. The fourth-order valence-electron chi connectivity index (χ4n) is 8.57. The molecule has 0 aliphatic rings. The van der Waals surface area contributed by atoms with Gasteiger partial charge in [0.15, 0.2) is 6.10 Å². The molecule has 0 aromatic rings. The first-order valence-corrected chi connectivity index (χ1v) is 32.3. The zero-order valence-corrected chi connectivity index (χ0v) is 51.1. The molecule has 0 N–H and O–H groups in total. The second-order valence-corrected chi connectivity index (χ2v) is 20.9. The van der Waals surface area contributed by atoms with Gasteiger partial charge in [-0.2, -0.15) is 0 Å². The van der Waals surface area contributed by atoms with E-state index in [2.05, 4.69) is 167 Å². The normalized spacial score (nSPS) is 13.1. The molecule has 0 amide bonds. The molecule has 0 fully saturated rings. The molecule has 0 saturated carbocycles. The molecule has 0 aromatic heterocycles. The van der Waals surface area contributed by atoms with Crippen molar-refractivity contribution < 1.29 is 28.6 Å². The van der Waals surface area contributed by atoms with E-state index in [-0.39, 0.29) is 31.1 Å². The third-order valence-corrected chi connectivity index (χ3v) is 13.3. The highest BCUT2D eigenvalue weighted by molar-refractivity contribution is 5.71. The summed E-state index contributed by atoms with van der Waals surface area (Å²) in [5.41, 5.74) is 0. The predicted molar refractivity (Wildman–Crippen MR) is 343 cm³/mol. The van der Waals surface area contributed by atoms with Gasteiger partial charge in [0, 0.05) is 19.3 Å². The molecule has 0 heterocycles. The summed E-state index contributed by atoms with van der Waals surface area (Å²) in [4.78, 5) is 37.9. The van der Waals surface area contributed by atoms with Crippen molar-refractivity contribution in [2.45, 2.75) is 284 Å². The topological polar surface area (TPSA) is 78.9 Å². The van der Waals surface area contributed by atoms with Crippen LogP contribution in [0.2, 0.25) is 0 Å². The minimum Gasteiger partial charge on any atom is -0.462 e. The van der Waals surface area contributed by atoms with Gasteiger partial charge >= 0.3 is 17.9 Å². The van der Waals surface area contributed by atoms with Crippen LogP contribution < -0.4 is 0 Å². The smallest absolute Gasteiger partial charge is 0.306 e. The molecular weight excluding hydrogens is 973 g/mol. The van der Waals surface area contributed by atoms with E-state index >= 15 is 0 Å². The van der Waals surface area contributed by atoms with E-state index in [1.807, 2.05) is 0 Å². The number of hydrogen-bond acceptors (Lipinski definition) is 6. The Balaban J connectivity index is 4.07. The summed E-state index contributed by atoms with van der Waals surface area (Å²) < 4.78 is 16.7. The van der Waals surface area contributed by atoms with Crippen molar-refractivity contribution in [3.8, 4) is 0 Å². The number of ether oxygens (including phenoxy) is 3. The van der Waals surface area contributed by atoms with E-state index in [9.17, 15) is 14.4 Å². The second kappa shape index (κ2) is 65.8. The average Bonchev–Trinajstić information content (AvgIpc) is 3.45. The maximum absolute atomic E-state index is 12.8. The van der Waals surface area contributed by atoms with Crippen molar-refractivity contribution in [3.05, 3.63) is 146 Å². The molecule has 0 bridgehead atoms. The molecule has 0 spiro atoms. The Bertz CT molecular complexity index is 1730. The van der Waals surface area contributed by atoms with E-state index in [4.69, 9.17) is 14.2 Å². The Morgan fingerprint density at radius 2 is 0.494 bits per heavy atom. The molecule has 0 aliphatic heterocycles. The van der Waals surface area contributed by atoms with Gasteiger partial charge in [-0.15, -0.1) is 0 Å². The summed E-state index contributed by atoms with van der Waals surface area (Å²) in [5.74, 6) is -0.932. The second-order valence-electron chi connectivity index (χ2n) is 20.9. The molecular formula is C73H118O6. The molecule has 1 unspecified atom stereocenters. The Morgan fingerprint density at radius 3 is 0.772 bits per heavy atom. The fourth-order valence-corrected chi connectivity index (χ4v) is 8.57. The molecule has 1 atom stereocenters. The third-order valence-electron chi connectivity index (χ3n) is 13.3. The summed E-state index contributed by atoms with van der Waals surface area (Å²) in [6.45, 7) is 6.31. The number of allylic oxidation sites excluding steroid dienone is 24. The van der Waals surface area contributed by atoms with Crippen LogP contribution in [0.4, 0.5) is 0 Å². The fraction of sp³-hybridized carbons (Fsp3) is 0.630. The van der Waals surface area contributed by atoms with Crippen molar-refractivity contribution in [2.24, 2.45) is 0 Å². The lowest BCUT2D eigenvalue weighted by atomic mass is 10.0. The van der Waals surface area contributed by atoms with Gasteiger partial charge in [-0.3, -0.25) is 14.4 Å². The number of hydrogen-bond donors (Lipinski definition) is 0. The first kappa shape index (κ1) is 74.3. The van der Waals surface area contributed by atoms with Crippen LogP contribution >= 0.6 is 0 Å². The number of carbonyl (C=O) groups is 3. The molecule has 6 nitrogen and oxygen atoms in total. The van der Waals surface area contributed by atoms with Crippen LogP contribution in [0, 0.1) is 0 Å². The zero-order chi connectivity index (χ0) is 57.1. The van der Waals surface area contributed by atoms with E-state index in [0.717, 1.165) is 161 Å². The van der Waals surface area contributed by atoms with Crippen LogP contribution in [-0.4, -0.2) is 37.2 Å². The largest absolute Gasteiger partial charge is 0.462 e. The SMILES string of the molecule is CC/C=C\C/C=C\C/C=C\C/C=C\C/C=C\C/C=C\CCCCCCCCCCCCCCCCC(=O)OCC(COC(=O)CCCCCCC)OC(=O)CCCCCC/C=C\C/C=C\C/C=C\C/C=C\C/C=C\C/C=C\CC. The van der Waals surface area contributed by atoms with Gasteiger partial charge < -0.3 is 14.2 Å². The minimum atomic E-state index is -0.793. The van der Waals surface area contributed by atoms with Crippen LogP contribution in [0.5, 0.6) is 0 Å². The van der Waals surface area contributed by atoms with Gasteiger partial charge in [0.2, 0.25) is 0 Å². The standard InChI is InChI=1S/C73H118O6/c1-4-7-10-13-15-17-19-21-23-25-27-29-31-32-33-34-35-36-37-38-39-40-42-43-45-47-49-51-53-55-57-60-63-66-72(75)78-69-70(68-77-71(74)65-62-59-12-9-6-3)79-73(76)67-64-61-58-56-54-52-50-48-46-44-41-30-28-26-24-22-20-18-16-14-11-8-5-2/h7-8,10-11,15-18,21-24,27-30,32-33,35-36,44,46,50,52,70H,4-6,9,12-14,19-20,25-26,31,34,37-43,45,47-49,51,53-69H2,1-3H3/b10-7-,11-8-,17-15-,18-16-,23-21-,24-22-,29-27-,30-28-,33-32-,36-35-,46-44-,52-50-. The van der Waals surface area contributed by atoms with E-state index in [0.29, 0.717) is 19.3 Å². The lowest BCUT2D eigenvalue weighted by molar-refractivity contribution is -0.167. The summed E-state index contributed by atoms with van der Waals surface area (Å²) in [7, 11) is 0. The van der Waals surface area contributed by atoms with Crippen LogP contribution in [0.25, 0.3) is 0 Å². The van der Waals surface area contributed by atoms with Crippen molar-refractivity contribution in [1.29, 1.82) is 0 Å². The predicted octanol–water partition coefficient (Wildman–Crippen LogP) is 22.3. The van der Waals surface area contributed by atoms with Gasteiger partial charge in [-0.1, -0.05) is 282 Å². The Labute approximate surface area is 487 Å². The number of carbonyl (C=O) groups excluding carboxylic acids is 3. The molecule has 79 heavy (non-hydrogen) atoms. The molecule has 0 radical (unpaired) electrons. The summed E-state index contributed by atoms with van der Waals surface area (Å²) in [5, 5.41) is 0. The molecule has 0 saturated heterocycles. The van der Waals surface area contributed by atoms with E-state index < -0.39 is 6.10 Å². The Kier molecular flexibility index (Phi) is 61.9. The zero-order valence-electron chi connectivity index (χ0n) is 51.1. The highest BCUT2D eigenvalue weighted by Crippen LogP contribution is 2.15. The van der Waals surface area contributed by atoms with Crippen LogP contribution in [0.15, 0.2) is 146 Å². The Hall–Kier alpha value is -4.71. The van der Waals surface area contributed by atoms with Gasteiger partial charge in [0.25, 0.3) is 0 Å². The molecule has 446 valence electrons. The lowest BCUT2D eigenvalue weighted by Gasteiger charge is -2.18. The van der Waals surface area contributed by atoms with Crippen molar-refractivity contribution >= 4 is 17.9 Å². The first-order chi connectivity index (χ1) is 39.0. The maximum Gasteiger partial charge on any atom is 0.306 e. The van der Waals surface area contributed by atoms with Gasteiger partial charge in [-0.25, -0.2) is 0 Å². The molecule has 0 aromatic carbocycles. The monoisotopic (exact) mass is 1090 g/mol. The average molecular weight is 1090 g/mol. The molecule has 6 heteroatoms. The van der Waals surface area contributed by atoms with E-state index in [1.54, 1.807) is 0 Å². The summed E-state index contributed by atoms with van der Waals surface area (Å²) >= 11 is 0. The number of esters is 3. The lowest BCUT2D eigenvalue weighted by Crippen LogP contribution is -2.30.